The standard InChI is InChI=1S/C10H13NO/c1-11-6-9(7-11)8-2-4-10(12)5-3-8/h2-5,9,12H,6-7H2,1H3. The van der Waals surface area contributed by atoms with Crippen LogP contribution in [0.15, 0.2) is 24.3 Å². The Morgan fingerprint density at radius 1 is 1.25 bits per heavy atom. The number of phenols is 1. The number of likely N-dealkylation sites (tertiary alicyclic amines) is 1. The summed E-state index contributed by atoms with van der Waals surface area (Å²) in [5, 5.41) is 9.07. The van der Waals surface area contributed by atoms with Gasteiger partial charge in [0.05, 0.1) is 0 Å². The van der Waals surface area contributed by atoms with Gasteiger partial charge in [-0.1, -0.05) is 12.1 Å². The maximum Gasteiger partial charge on any atom is 0.115 e. The summed E-state index contributed by atoms with van der Waals surface area (Å²) in [6.07, 6.45) is 0. The monoisotopic (exact) mass is 163 g/mol. The van der Waals surface area contributed by atoms with Crippen molar-refractivity contribution in [2.75, 3.05) is 20.1 Å². The quantitative estimate of drug-likeness (QED) is 0.676. The Hall–Kier alpha value is -1.02. The summed E-state index contributed by atoms with van der Waals surface area (Å²) >= 11 is 0. The average Bonchev–Trinajstić information content (AvgIpc) is 2.01. The Morgan fingerprint density at radius 2 is 1.83 bits per heavy atom. The lowest BCUT2D eigenvalue weighted by Gasteiger charge is -2.36. The number of hydrogen-bond acceptors (Lipinski definition) is 2. The fraction of sp³-hybridized carbons (Fsp3) is 0.400. The van der Waals surface area contributed by atoms with Crippen LogP contribution in [-0.4, -0.2) is 30.1 Å². The van der Waals surface area contributed by atoms with Crippen molar-refractivity contribution in [3.8, 4) is 5.75 Å². The highest BCUT2D eigenvalue weighted by molar-refractivity contribution is 5.29. The molecule has 64 valence electrons. The molecule has 1 N–H and O–H groups in total. The highest BCUT2D eigenvalue weighted by Crippen LogP contribution is 2.26. The predicted octanol–water partition coefficient (Wildman–Crippen LogP) is 1.42. The van der Waals surface area contributed by atoms with Gasteiger partial charge < -0.3 is 10.0 Å². The van der Waals surface area contributed by atoms with Crippen LogP contribution in [0.5, 0.6) is 5.75 Å². The molecule has 1 aromatic carbocycles. The van der Waals surface area contributed by atoms with Crippen LogP contribution in [0.25, 0.3) is 0 Å². The minimum absolute atomic E-state index is 0.353. The van der Waals surface area contributed by atoms with Gasteiger partial charge in [0.25, 0.3) is 0 Å². The van der Waals surface area contributed by atoms with Crippen molar-refractivity contribution in [1.82, 2.24) is 4.90 Å². The molecule has 0 unspecified atom stereocenters. The van der Waals surface area contributed by atoms with Crippen molar-refractivity contribution in [3.63, 3.8) is 0 Å². The predicted molar refractivity (Wildman–Crippen MR) is 48.3 cm³/mol. The third-order valence-electron chi connectivity index (χ3n) is 2.43. The van der Waals surface area contributed by atoms with Crippen LogP contribution < -0.4 is 0 Å². The fourth-order valence-corrected chi connectivity index (χ4v) is 1.66. The molecule has 1 aliphatic heterocycles. The van der Waals surface area contributed by atoms with E-state index in [1.807, 2.05) is 12.1 Å². The molecule has 1 aromatic rings. The molecule has 0 aliphatic carbocycles. The van der Waals surface area contributed by atoms with E-state index in [0.717, 1.165) is 13.1 Å². The van der Waals surface area contributed by atoms with E-state index >= 15 is 0 Å². The van der Waals surface area contributed by atoms with Crippen LogP contribution in [0.2, 0.25) is 0 Å². The molecule has 0 saturated carbocycles. The second kappa shape index (κ2) is 2.79. The zero-order chi connectivity index (χ0) is 8.55. The SMILES string of the molecule is CN1CC(c2ccc(O)cc2)C1. The first kappa shape index (κ1) is 7.62. The summed E-state index contributed by atoms with van der Waals surface area (Å²) in [6, 6.07) is 7.53. The van der Waals surface area contributed by atoms with E-state index < -0.39 is 0 Å². The molecular formula is C10H13NO. The van der Waals surface area contributed by atoms with Crippen molar-refractivity contribution in [3.05, 3.63) is 29.8 Å². The first-order valence-electron chi connectivity index (χ1n) is 4.23. The van der Waals surface area contributed by atoms with E-state index in [4.69, 9.17) is 5.11 Å². The van der Waals surface area contributed by atoms with Crippen LogP contribution >= 0.6 is 0 Å². The third kappa shape index (κ3) is 1.30. The van der Waals surface area contributed by atoms with Gasteiger partial charge in [-0.15, -0.1) is 0 Å². The van der Waals surface area contributed by atoms with Crippen molar-refractivity contribution in [1.29, 1.82) is 0 Å². The Bertz CT molecular complexity index is 262. The molecule has 1 saturated heterocycles. The molecule has 2 nitrogen and oxygen atoms in total. The van der Waals surface area contributed by atoms with Gasteiger partial charge in [0.1, 0.15) is 5.75 Å². The molecule has 1 aliphatic rings. The van der Waals surface area contributed by atoms with Gasteiger partial charge in [0.2, 0.25) is 0 Å². The summed E-state index contributed by atoms with van der Waals surface area (Å²) in [5.41, 5.74) is 1.34. The van der Waals surface area contributed by atoms with Gasteiger partial charge in [-0.25, -0.2) is 0 Å². The largest absolute Gasteiger partial charge is 0.508 e. The molecule has 2 rings (SSSR count). The van der Waals surface area contributed by atoms with E-state index in [0.29, 0.717) is 11.7 Å². The molecule has 1 fully saturated rings. The Balaban J connectivity index is 2.09. The summed E-state index contributed by atoms with van der Waals surface area (Å²) in [5.74, 6) is 1.03. The molecule has 0 aromatic heterocycles. The van der Waals surface area contributed by atoms with Crippen LogP contribution in [0.1, 0.15) is 11.5 Å². The van der Waals surface area contributed by atoms with E-state index in [1.54, 1.807) is 12.1 Å². The van der Waals surface area contributed by atoms with Gasteiger partial charge in [-0.05, 0) is 24.7 Å². The minimum atomic E-state index is 0.353. The van der Waals surface area contributed by atoms with Crippen molar-refractivity contribution in [2.24, 2.45) is 0 Å². The van der Waals surface area contributed by atoms with Crippen LogP contribution in [-0.2, 0) is 0 Å². The molecule has 1 heterocycles. The van der Waals surface area contributed by atoms with Crippen LogP contribution in [0, 0.1) is 0 Å². The lowest BCUT2D eigenvalue weighted by Crippen LogP contribution is -2.41. The number of likely N-dealkylation sites (N-methyl/N-ethyl adjacent to an activating group) is 1. The number of benzene rings is 1. The van der Waals surface area contributed by atoms with Crippen molar-refractivity contribution < 1.29 is 5.11 Å². The first-order valence-corrected chi connectivity index (χ1v) is 4.23. The summed E-state index contributed by atoms with van der Waals surface area (Å²) in [4.78, 5) is 2.29. The topological polar surface area (TPSA) is 23.5 Å². The number of aromatic hydroxyl groups is 1. The van der Waals surface area contributed by atoms with Gasteiger partial charge in [0.15, 0.2) is 0 Å². The first-order chi connectivity index (χ1) is 5.75. The second-order valence-corrected chi connectivity index (χ2v) is 3.51. The lowest BCUT2D eigenvalue weighted by molar-refractivity contribution is 0.189. The summed E-state index contributed by atoms with van der Waals surface area (Å²) < 4.78 is 0. The van der Waals surface area contributed by atoms with E-state index in [9.17, 15) is 0 Å². The maximum atomic E-state index is 9.07. The smallest absolute Gasteiger partial charge is 0.115 e. The molecule has 0 spiro atoms. The minimum Gasteiger partial charge on any atom is -0.508 e. The summed E-state index contributed by atoms with van der Waals surface area (Å²) in [6.45, 7) is 2.29. The second-order valence-electron chi connectivity index (χ2n) is 3.51. The number of hydrogen-bond donors (Lipinski definition) is 1. The zero-order valence-corrected chi connectivity index (χ0v) is 7.20. The lowest BCUT2D eigenvalue weighted by atomic mass is 9.92. The third-order valence-corrected chi connectivity index (χ3v) is 2.43. The highest BCUT2D eigenvalue weighted by Gasteiger charge is 2.24. The van der Waals surface area contributed by atoms with Crippen LogP contribution in [0.4, 0.5) is 0 Å². The van der Waals surface area contributed by atoms with E-state index in [1.165, 1.54) is 5.56 Å². The Kier molecular flexibility index (Phi) is 1.77. The van der Waals surface area contributed by atoms with Gasteiger partial charge in [0, 0.05) is 19.0 Å². The molecule has 2 heteroatoms. The van der Waals surface area contributed by atoms with Gasteiger partial charge in [-0.3, -0.25) is 0 Å². The Morgan fingerprint density at radius 3 is 2.33 bits per heavy atom. The van der Waals surface area contributed by atoms with E-state index in [-0.39, 0.29) is 0 Å². The van der Waals surface area contributed by atoms with Gasteiger partial charge in [-0.2, -0.15) is 0 Å². The molecule has 0 atom stereocenters. The van der Waals surface area contributed by atoms with E-state index in [2.05, 4.69) is 11.9 Å². The molecule has 0 amide bonds. The van der Waals surface area contributed by atoms with Crippen molar-refractivity contribution >= 4 is 0 Å². The van der Waals surface area contributed by atoms with Gasteiger partial charge >= 0.3 is 0 Å². The molecule has 12 heavy (non-hydrogen) atoms. The maximum absolute atomic E-state index is 9.07. The average molecular weight is 163 g/mol. The van der Waals surface area contributed by atoms with Crippen LogP contribution in [0.3, 0.4) is 0 Å². The fourth-order valence-electron chi connectivity index (χ4n) is 1.66. The normalized spacial score (nSPS) is 19.1. The number of phenolic OH excluding ortho intramolecular Hbond substituents is 1. The highest BCUT2D eigenvalue weighted by atomic mass is 16.3. The molecule has 0 radical (unpaired) electrons. The summed E-state index contributed by atoms with van der Waals surface area (Å²) in [7, 11) is 2.12. The van der Waals surface area contributed by atoms with Crippen molar-refractivity contribution in [2.45, 2.75) is 5.92 Å². The molecular weight excluding hydrogens is 150 g/mol. The number of rotatable bonds is 1. The number of nitrogens with zero attached hydrogens (tertiary/aromatic N) is 1. The molecule has 0 bridgehead atoms. The Labute approximate surface area is 72.4 Å². The zero-order valence-electron chi connectivity index (χ0n) is 7.20.